The van der Waals surface area contributed by atoms with Crippen LogP contribution in [0, 0.1) is 0 Å². The molecule has 0 fully saturated rings. The van der Waals surface area contributed by atoms with Crippen molar-refractivity contribution in [2.75, 3.05) is 36.7 Å². The maximum Gasteiger partial charge on any atom is 0.231 e. The Labute approximate surface area is 124 Å². The van der Waals surface area contributed by atoms with Crippen molar-refractivity contribution in [3.05, 3.63) is 20.8 Å². The van der Waals surface area contributed by atoms with Gasteiger partial charge in [0.05, 0.1) is 6.54 Å². The molecule has 0 unspecified atom stereocenters. The highest BCUT2D eigenvalue weighted by molar-refractivity contribution is 9.10. The van der Waals surface area contributed by atoms with Gasteiger partial charge in [-0.15, -0.1) is 11.3 Å². The first kappa shape index (κ1) is 14.0. The van der Waals surface area contributed by atoms with Crippen molar-refractivity contribution in [2.24, 2.45) is 0 Å². The van der Waals surface area contributed by atoms with E-state index in [9.17, 15) is 0 Å². The Kier molecular flexibility index (Phi) is 4.54. The summed E-state index contributed by atoms with van der Waals surface area (Å²) < 4.78 is 1.09. The van der Waals surface area contributed by atoms with E-state index in [1.165, 1.54) is 4.88 Å². The van der Waals surface area contributed by atoms with Gasteiger partial charge in [-0.3, -0.25) is 0 Å². The van der Waals surface area contributed by atoms with Gasteiger partial charge in [-0.2, -0.15) is 15.0 Å². The van der Waals surface area contributed by atoms with Crippen LogP contribution in [-0.2, 0) is 6.54 Å². The molecule has 0 aromatic carbocycles. The lowest BCUT2D eigenvalue weighted by Crippen LogP contribution is -2.16. The molecule has 0 spiro atoms. The number of nitrogens with one attached hydrogen (secondary N) is 2. The van der Waals surface area contributed by atoms with E-state index in [-0.39, 0.29) is 0 Å². The van der Waals surface area contributed by atoms with E-state index in [0.717, 1.165) is 4.47 Å². The molecule has 2 N–H and O–H groups in total. The fraction of sp³-hybridized carbons (Fsp3) is 0.364. The second-order valence-corrected chi connectivity index (χ2v) is 5.92. The molecule has 0 aliphatic carbocycles. The third kappa shape index (κ3) is 3.77. The highest BCUT2D eigenvalue weighted by atomic mass is 79.9. The van der Waals surface area contributed by atoms with E-state index < -0.39 is 0 Å². The first-order valence-electron chi connectivity index (χ1n) is 5.66. The minimum absolute atomic E-state index is 0.550. The Bertz CT molecular complexity index is 556. The number of halogens is 1. The van der Waals surface area contributed by atoms with Crippen LogP contribution in [0.15, 0.2) is 15.9 Å². The summed E-state index contributed by atoms with van der Waals surface area (Å²) in [5, 5.41) is 8.19. The van der Waals surface area contributed by atoms with Crippen LogP contribution >= 0.6 is 27.3 Å². The van der Waals surface area contributed by atoms with Crippen molar-refractivity contribution in [1.29, 1.82) is 0 Å². The van der Waals surface area contributed by atoms with E-state index in [0.29, 0.717) is 24.4 Å². The summed E-state index contributed by atoms with van der Waals surface area (Å²) in [6.45, 7) is 0.691. The van der Waals surface area contributed by atoms with Gasteiger partial charge in [-0.1, -0.05) is 0 Å². The molecule has 0 amide bonds. The van der Waals surface area contributed by atoms with Crippen molar-refractivity contribution in [1.82, 2.24) is 15.0 Å². The molecule has 0 atom stereocenters. The summed E-state index contributed by atoms with van der Waals surface area (Å²) >= 11 is 5.12. The second-order valence-electron chi connectivity index (χ2n) is 4.01. The van der Waals surface area contributed by atoms with Crippen molar-refractivity contribution in [3.8, 4) is 0 Å². The van der Waals surface area contributed by atoms with Crippen LogP contribution in [0.4, 0.5) is 17.8 Å². The lowest BCUT2D eigenvalue weighted by Gasteiger charge is -2.12. The Balaban J connectivity index is 2.12. The molecule has 2 aromatic heterocycles. The van der Waals surface area contributed by atoms with Crippen molar-refractivity contribution < 1.29 is 0 Å². The molecule has 0 saturated heterocycles. The Hall–Kier alpha value is -1.41. The van der Waals surface area contributed by atoms with E-state index in [1.807, 2.05) is 19.0 Å². The number of rotatable bonds is 5. The molecule has 6 nitrogen and oxygen atoms in total. The first-order chi connectivity index (χ1) is 9.08. The molecule has 102 valence electrons. The van der Waals surface area contributed by atoms with Crippen LogP contribution in [0.2, 0.25) is 0 Å². The maximum atomic E-state index is 4.35. The number of thiophene rings is 1. The summed E-state index contributed by atoms with van der Waals surface area (Å²) in [5.41, 5.74) is 0. The molecule has 0 bridgehead atoms. The molecule has 2 heterocycles. The smallest absolute Gasteiger partial charge is 0.231 e. The van der Waals surface area contributed by atoms with Gasteiger partial charge in [0.15, 0.2) is 0 Å². The topological polar surface area (TPSA) is 66.0 Å². The SMILES string of the molecule is CNc1nc(NCc2cc(Br)cs2)nc(N(C)C)n1. The van der Waals surface area contributed by atoms with Gasteiger partial charge in [0.2, 0.25) is 17.8 Å². The average Bonchev–Trinajstić information content (AvgIpc) is 2.81. The minimum atomic E-state index is 0.550. The zero-order valence-corrected chi connectivity index (χ0v) is 13.3. The van der Waals surface area contributed by atoms with Crippen LogP contribution in [0.5, 0.6) is 0 Å². The Morgan fingerprint density at radius 2 is 2.00 bits per heavy atom. The van der Waals surface area contributed by atoms with Gasteiger partial charge in [0.25, 0.3) is 0 Å². The van der Waals surface area contributed by atoms with Gasteiger partial charge in [-0.25, -0.2) is 0 Å². The van der Waals surface area contributed by atoms with Crippen LogP contribution in [0.1, 0.15) is 4.88 Å². The van der Waals surface area contributed by atoms with E-state index in [1.54, 1.807) is 18.4 Å². The van der Waals surface area contributed by atoms with Crippen LogP contribution < -0.4 is 15.5 Å². The maximum absolute atomic E-state index is 4.35. The van der Waals surface area contributed by atoms with E-state index in [4.69, 9.17) is 0 Å². The molecular weight excluding hydrogens is 328 g/mol. The molecule has 19 heavy (non-hydrogen) atoms. The summed E-state index contributed by atoms with van der Waals surface area (Å²) in [6, 6.07) is 2.07. The lowest BCUT2D eigenvalue weighted by molar-refractivity contribution is 0.947. The zero-order valence-electron chi connectivity index (χ0n) is 10.9. The summed E-state index contributed by atoms with van der Waals surface area (Å²) in [6.07, 6.45) is 0. The first-order valence-corrected chi connectivity index (χ1v) is 7.33. The standard InChI is InChI=1S/C11H15BrN6S/c1-13-9-15-10(17-11(16-9)18(2)3)14-5-8-4-7(12)6-19-8/h4,6H,5H2,1-3H3,(H2,13,14,15,16,17). The predicted molar refractivity (Wildman–Crippen MR) is 83.0 cm³/mol. The molecule has 2 aromatic rings. The Morgan fingerprint density at radius 3 is 2.58 bits per heavy atom. The van der Waals surface area contributed by atoms with Crippen LogP contribution in [0.25, 0.3) is 0 Å². The number of hydrogen-bond donors (Lipinski definition) is 2. The van der Waals surface area contributed by atoms with Gasteiger partial charge < -0.3 is 15.5 Å². The fourth-order valence-electron chi connectivity index (χ4n) is 1.37. The van der Waals surface area contributed by atoms with Crippen molar-refractivity contribution in [2.45, 2.75) is 6.54 Å². The molecule has 8 heteroatoms. The molecule has 0 radical (unpaired) electrons. The number of nitrogens with zero attached hydrogens (tertiary/aromatic N) is 4. The van der Waals surface area contributed by atoms with Crippen LogP contribution in [0.3, 0.4) is 0 Å². The van der Waals surface area contributed by atoms with Crippen molar-refractivity contribution in [3.63, 3.8) is 0 Å². The summed E-state index contributed by atoms with van der Waals surface area (Å²) in [4.78, 5) is 15.9. The third-order valence-electron chi connectivity index (χ3n) is 2.29. The average molecular weight is 343 g/mol. The van der Waals surface area contributed by atoms with Crippen LogP contribution in [-0.4, -0.2) is 36.1 Å². The zero-order chi connectivity index (χ0) is 13.8. The van der Waals surface area contributed by atoms with E-state index >= 15 is 0 Å². The molecule has 0 aliphatic rings. The van der Waals surface area contributed by atoms with Crippen molar-refractivity contribution >= 4 is 45.1 Å². The number of aromatic nitrogens is 3. The molecule has 0 saturated carbocycles. The number of hydrogen-bond acceptors (Lipinski definition) is 7. The third-order valence-corrected chi connectivity index (χ3v) is 3.99. The highest BCUT2D eigenvalue weighted by Gasteiger charge is 2.07. The molecule has 2 rings (SSSR count). The predicted octanol–water partition coefficient (Wildman–Crippen LogP) is 2.42. The second kappa shape index (κ2) is 6.16. The monoisotopic (exact) mass is 342 g/mol. The normalized spacial score (nSPS) is 10.3. The molecule has 0 aliphatic heterocycles. The minimum Gasteiger partial charge on any atom is -0.357 e. The highest BCUT2D eigenvalue weighted by Crippen LogP contribution is 2.20. The number of anilines is 3. The van der Waals surface area contributed by atoms with E-state index in [2.05, 4.69) is 53.0 Å². The summed E-state index contributed by atoms with van der Waals surface area (Å²) in [5.74, 6) is 1.73. The molecular formula is C11H15BrN6S. The largest absolute Gasteiger partial charge is 0.357 e. The van der Waals surface area contributed by atoms with Gasteiger partial charge in [-0.05, 0) is 22.0 Å². The quantitative estimate of drug-likeness (QED) is 0.869. The lowest BCUT2D eigenvalue weighted by atomic mass is 10.5. The Morgan fingerprint density at radius 1 is 1.26 bits per heavy atom. The van der Waals surface area contributed by atoms with Gasteiger partial charge in [0, 0.05) is 35.9 Å². The van der Waals surface area contributed by atoms with Gasteiger partial charge in [0.1, 0.15) is 0 Å². The fourth-order valence-corrected chi connectivity index (χ4v) is 2.76. The van der Waals surface area contributed by atoms with Gasteiger partial charge >= 0.3 is 0 Å². The summed E-state index contributed by atoms with van der Waals surface area (Å²) in [7, 11) is 5.58.